The van der Waals surface area contributed by atoms with E-state index in [2.05, 4.69) is 11.9 Å². The highest BCUT2D eigenvalue weighted by Gasteiger charge is 2.26. The fraction of sp³-hybridized carbons (Fsp3) is 0.583. The van der Waals surface area contributed by atoms with Crippen LogP contribution in [0.25, 0.3) is 0 Å². The molecular formula is C12H19N3. The van der Waals surface area contributed by atoms with E-state index in [0.717, 1.165) is 18.5 Å². The minimum Gasteiger partial charge on any atom is -0.397 e. The molecule has 0 aliphatic heterocycles. The van der Waals surface area contributed by atoms with Crippen LogP contribution in [0.4, 0.5) is 5.69 Å². The van der Waals surface area contributed by atoms with Crippen LogP contribution in [0.15, 0.2) is 18.5 Å². The summed E-state index contributed by atoms with van der Waals surface area (Å²) in [5.41, 5.74) is 14.0. The van der Waals surface area contributed by atoms with Gasteiger partial charge in [-0.05, 0) is 42.7 Å². The number of nitrogen functional groups attached to an aromatic ring is 1. The summed E-state index contributed by atoms with van der Waals surface area (Å²) in [5.74, 6) is 1.22. The predicted octanol–water partition coefficient (Wildman–Crippen LogP) is 1.89. The van der Waals surface area contributed by atoms with Crippen molar-refractivity contribution in [2.24, 2.45) is 11.7 Å². The zero-order chi connectivity index (χ0) is 10.8. The number of nitrogens with zero attached hydrogens (tertiary/aromatic N) is 1. The molecule has 1 aromatic heterocycles. The van der Waals surface area contributed by atoms with Gasteiger partial charge in [0, 0.05) is 12.2 Å². The van der Waals surface area contributed by atoms with E-state index in [1.165, 1.54) is 12.0 Å². The summed E-state index contributed by atoms with van der Waals surface area (Å²) in [5, 5.41) is 0. The molecule has 1 aliphatic rings. The van der Waals surface area contributed by atoms with Crippen molar-refractivity contribution in [3.8, 4) is 0 Å². The van der Waals surface area contributed by atoms with Crippen LogP contribution in [-0.2, 0) is 0 Å². The van der Waals surface area contributed by atoms with Gasteiger partial charge >= 0.3 is 0 Å². The normalized spacial score (nSPS) is 31.5. The van der Waals surface area contributed by atoms with Crippen molar-refractivity contribution < 1.29 is 0 Å². The topological polar surface area (TPSA) is 64.9 Å². The summed E-state index contributed by atoms with van der Waals surface area (Å²) in [4.78, 5) is 4.02. The second-order valence-corrected chi connectivity index (χ2v) is 4.77. The van der Waals surface area contributed by atoms with Crippen LogP contribution < -0.4 is 11.5 Å². The van der Waals surface area contributed by atoms with Gasteiger partial charge in [-0.2, -0.15) is 0 Å². The van der Waals surface area contributed by atoms with Gasteiger partial charge in [-0.3, -0.25) is 4.98 Å². The Morgan fingerprint density at radius 3 is 2.80 bits per heavy atom. The first-order chi connectivity index (χ1) is 7.16. The molecule has 3 atom stereocenters. The molecule has 82 valence electrons. The Hall–Kier alpha value is -1.09. The quantitative estimate of drug-likeness (QED) is 0.736. The van der Waals surface area contributed by atoms with Gasteiger partial charge in [-0.15, -0.1) is 0 Å². The van der Waals surface area contributed by atoms with E-state index in [1.807, 2.05) is 12.3 Å². The molecule has 0 radical (unpaired) electrons. The molecule has 0 spiro atoms. The zero-order valence-electron chi connectivity index (χ0n) is 9.19. The highest BCUT2D eigenvalue weighted by atomic mass is 14.7. The molecule has 1 aromatic rings. The lowest BCUT2D eigenvalue weighted by molar-refractivity contribution is 0.308. The van der Waals surface area contributed by atoms with Crippen LogP contribution in [0.1, 0.15) is 37.7 Å². The maximum atomic E-state index is 6.05. The zero-order valence-corrected chi connectivity index (χ0v) is 9.19. The minimum atomic E-state index is 0.325. The number of pyridine rings is 1. The number of aromatic nitrogens is 1. The van der Waals surface area contributed by atoms with Crippen LogP contribution in [0.3, 0.4) is 0 Å². The molecular weight excluding hydrogens is 186 g/mol. The van der Waals surface area contributed by atoms with E-state index in [4.69, 9.17) is 11.5 Å². The predicted molar refractivity (Wildman–Crippen MR) is 62.4 cm³/mol. The number of hydrogen-bond donors (Lipinski definition) is 2. The van der Waals surface area contributed by atoms with Gasteiger partial charge in [0.1, 0.15) is 0 Å². The van der Waals surface area contributed by atoms with Gasteiger partial charge in [0.2, 0.25) is 0 Å². The second-order valence-electron chi connectivity index (χ2n) is 4.77. The van der Waals surface area contributed by atoms with Gasteiger partial charge in [0.25, 0.3) is 0 Å². The number of nitrogens with two attached hydrogens (primary N) is 2. The summed E-state index contributed by atoms with van der Waals surface area (Å²) < 4.78 is 0. The van der Waals surface area contributed by atoms with E-state index in [1.54, 1.807) is 6.20 Å². The summed E-state index contributed by atoms with van der Waals surface area (Å²) in [6, 6.07) is 2.36. The van der Waals surface area contributed by atoms with Crippen LogP contribution in [0.5, 0.6) is 0 Å². The van der Waals surface area contributed by atoms with Crippen molar-refractivity contribution in [2.45, 2.75) is 38.1 Å². The lowest BCUT2D eigenvalue weighted by Gasteiger charge is -2.32. The molecule has 2 rings (SSSR count). The van der Waals surface area contributed by atoms with E-state index >= 15 is 0 Å². The Balaban J connectivity index is 2.20. The first-order valence-corrected chi connectivity index (χ1v) is 5.61. The van der Waals surface area contributed by atoms with Gasteiger partial charge in [-0.1, -0.05) is 6.92 Å². The van der Waals surface area contributed by atoms with Crippen LogP contribution >= 0.6 is 0 Å². The third kappa shape index (κ3) is 2.29. The smallest absolute Gasteiger partial charge is 0.0535 e. The van der Waals surface area contributed by atoms with Crippen molar-refractivity contribution in [3.05, 3.63) is 24.0 Å². The molecule has 1 heterocycles. The van der Waals surface area contributed by atoms with Gasteiger partial charge < -0.3 is 11.5 Å². The SMILES string of the molecule is C[C@@H]1C[C@H](N)C[C@H](c2ccncc2N)C1. The fourth-order valence-electron chi connectivity index (χ4n) is 2.70. The third-order valence-corrected chi connectivity index (χ3v) is 3.31. The monoisotopic (exact) mass is 205 g/mol. The average molecular weight is 205 g/mol. The number of rotatable bonds is 1. The van der Waals surface area contributed by atoms with Crippen molar-refractivity contribution in [1.82, 2.24) is 4.98 Å². The van der Waals surface area contributed by atoms with Crippen molar-refractivity contribution in [2.75, 3.05) is 5.73 Å². The molecule has 1 saturated carbocycles. The maximum absolute atomic E-state index is 6.05. The Morgan fingerprint density at radius 2 is 2.13 bits per heavy atom. The third-order valence-electron chi connectivity index (χ3n) is 3.31. The minimum absolute atomic E-state index is 0.325. The van der Waals surface area contributed by atoms with Crippen molar-refractivity contribution in [1.29, 1.82) is 0 Å². The van der Waals surface area contributed by atoms with Crippen LogP contribution in [-0.4, -0.2) is 11.0 Å². The van der Waals surface area contributed by atoms with E-state index in [9.17, 15) is 0 Å². The van der Waals surface area contributed by atoms with Gasteiger partial charge in [0.15, 0.2) is 0 Å². The lowest BCUT2D eigenvalue weighted by Crippen LogP contribution is -2.31. The highest BCUT2D eigenvalue weighted by Crippen LogP contribution is 2.37. The van der Waals surface area contributed by atoms with Gasteiger partial charge in [0.05, 0.1) is 11.9 Å². The molecule has 0 aromatic carbocycles. The Bertz CT molecular complexity index is 327. The van der Waals surface area contributed by atoms with Crippen molar-refractivity contribution >= 4 is 5.69 Å². The van der Waals surface area contributed by atoms with E-state index in [0.29, 0.717) is 17.9 Å². The molecule has 4 N–H and O–H groups in total. The van der Waals surface area contributed by atoms with Crippen LogP contribution in [0.2, 0.25) is 0 Å². The Labute approximate surface area is 90.9 Å². The van der Waals surface area contributed by atoms with E-state index in [-0.39, 0.29) is 0 Å². The summed E-state index contributed by atoms with van der Waals surface area (Å²) >= 11 is 0. The molecule has 3 nitrogen and oxygen atoms in total. The molecule has 0 bridgehead atoms. The molecule has 3 heteroatoms. The summed E-state index contributed by atoms with van der Waals surface area (Å²) in [7, 11) is 0. The summed E-state index contributed by atoms with van der Waals surface area (Å²) in [6.07, 6.45) is 6.94. The molecule has 0 saturated heterocycles. The Morgan fingerprint density at radius 1 is 1.33 bits per heavy atom. The molecule has 1 fully saturated rings. The standard InChI is InChI=1S/C12H19N3/c1-8-4-9(6-10(13)5-8)11-2-3-15-7-12(11)14/h2-3,7-10H,4-6,13-14H2,1H3/t8-,9+,10-/m0/s1. The average Bonchev–Trinajstić information content (AvgIpc) is 2.16. The molecule has 15 heavy (non-hydrogen) atoms. The summed E-state index contributed by atoms with van der Waals surface area (Å²) in [6.45, 7) is 2.27. The maximum Gasteiger partial charge on any atom is 0.0535 e. The second kappa shape index (κ2) is 4.19. The van der Waals surface area contributed by atoms with Gasteiger partial charge in [-0.25, -0.2) is 0 Å². The first-order valence-electron chi connectivity index (χ1n) is 5.61. The molecule has 0 amide bonds. The first kappa shape index (κ1) is 10.4. The molecule has 0 unspecified atom stereocenters. The lowest BCUT2D eigenvalue weighted by atomic mass is 9.76. The molecule has 1 aliphatic carbocycles. The highest BCUT2D eigenvalue weighted by molar-refractivity contribution is 5.46. The largest absolute Gasteiger partial charge is 0.397 e. The van der Waals surface area contributed by atoms with Crippen LogP contribution in [0, 0.1) is 5.92 Å². The van der Waals surface area contributed by atoms with E-state index < -0.39 is 0 Å². The Kier molecular flexibility index (Phi) is 2.91. The fourth-order valence-corrected chi connectivity index (χ4v) is 2.70. The number of anilines is 1. The number of hydrogen-bond acceptors (Lipinski definition) is 3. The van der Waals surface area contributed by atoms with Crippen molar-refractivity contribution in [3.63, 3.8) is 0 Å².